The molecule has 2 aliphatic carbocycles. The Morgan fingerprint density at radius 2 is 1.45 bits per heavy atom. The van der Waals surface area contributed by atoms with Gasteiger partial charge in [0.2, 0.25) is 0 Å². The van der Waals surface area contributed by atoms with E-state index in [0.29, 0.717) is 5.41 Å². The van der Waals surface area contributed by atoms with E-state index in [0.717, 1.165) is 59.0 Å². The molecule has 234 valence electrons. The van der Waals surface area contributed by atoms with E-state index in [1.807, 2.05) is 0 Å². The molecule has 2 rings (SSSR count). The molecule has 4 N–H and O–H groups in total. The van der Waals surface area contributed by atoms with E-state index >= 15 is 0 Å². The largest absolute Gasteiger partial charge is 0.481 e. The van der Waals surface area contributed by atoms with Crippen molar-refractivity contribution in [2.45, 2.75) is 105 Å². The molecule has 0 heterocycles. The fraction of sp³-hybridized carbons (Fsp3) is 0.793. The van der Waals surface area contributed by atoms with Gasteiger partial charge in [-0.15, -0.1) is 0 Å². The maximum absolute atomic E-state index is 11.2. The Bertz CT molecular complexity index is 806. The van der Waals surface area contributed by atoms with E-state index in [-0.39, 0.29) is 18.1 Å². The molecule has 11 nitrogen and oxygen atoms in total. The highest BCUT2D eigenvalue weighted by molar-refractivity contribution is 5.89. The van der Waals surface area contributed by atoms with E-state index in [1.165, 1.54) is 19.3 Å². The Hall–Kier alpha value is -2.50. The van der Waals surface area contributed by atoms with Crippen LogP contribution in [0.15, 0.2) is 11.6 Å². The van der Waals surface area contributed by atoms with Gasteiger partial charge in [0.25, 0.3) is 5.97 Å². The summed E-state index contributed by atoms with van der Waals surface area (Å²) >= 11 is 0. The van der Waals surface area contributed by atoms with E-state index < -0.39 is 42.3 Å². The second kappa shape index (κ2) is 18.8. The lowest BCUT2D eigenvalue weighted by Crippen LogP contribution is -2.44. The Labute approximate surface area is 238 Å². The third-order valence-electron chi connectivity index (χ3n) is 8.02. The topological polar surface area (TPSA) is 177 Å². The van der Waals surface area contributed by atoms with Crippen molar-refractivity contribution in [2.75, 3.05) is 27.9 Å². The molecule has 3 atom stereocenters. The van der Waals surface area contributed by atoms with Crippen LogP contribution < -0.4 is 0 Å². The molecule has 2 saturated carbocycles. The highest BCUT2D eigenvalue weighted by atomic mass is 16.6. The number of ether oxygens (including phenoxy) is 3. The van der Waals surface area contributed by atoms with Crippen LogP contribution in [0.25, 0.3) is 0 Å². The Kier molecular flexibility index (Phi) is 18.6. The number of carbonyl (C=O) groups excluding carboxylic acids is 3. The van der Waals surface area contributed by atoms with E-state index in [4.69, 9.17) is 15.0 Å². The minimum absolute atomic E-state index is 0.0313. The van der Waals surface area contributed by atoms with Gasteiger partial charge in [-0.2, -0.15) is 0 Å². The smallest absolute Gasteiger partial charge is 0.339 e. The van der Waals surface area contributed by atoms with Crippen LogP contribution in [0.3, 0.4) is 0 Å². The highest BCUT2D eigenvalue weighted by Crippen LogP contribution is 2.65. The quantitative estimate of drug-likeness (QED) is 0.180. The second-order valence-corrected chi connectivity index (χ2v) is 10.8. The number of unbranched alkanes of at least 4 members (excludes halogenated alkanes) is 1. The van der Waals surface area contributed by atoms with Gasteiger partial charge in [-0.05, 0) is 54.4 Å². The molecule has 0 radical (unpaired) electrons. The summed E-state index contributed by atoms with van der Waals surface area (Å²) in [6.07, 6.45) is 7.60. The molecule has 3 unspecified atom stereocenters. The summed E-state index contributed by atoms with van der Waals surface area (Å²) < 4.78 is 12.9. The first-order chi connectivity index (χ1) is 18.5. The SMILES string of the molecule is CC(=O)O.CC1(C)C2CCC1(C)C(O)C2.CCCC=C(CC)CO.COC(=O)CC(O)(CC(=O)OC)C(=O)OC. The van der Waals surface area contributed by atoms with E-state index in [9.17, 15) is 24.6 Å². The van der Waals surface area contributed by atoms with Crippen molar-refractivity contribution < 1.29 is 53.8 Å². The molecule has 2 aliphatic rings. The van der Waals surface area contributed by atoms with Gasteiger partial charge in [0, 0.05) is 6.92 Å². The highest BCUT2D eigenvalue weighted by Gasteiger charge is 2.60. The lowest BCUT2D eigenvalue weighted by molar-refractivity contribution is -0.174. The maximum atomic E-state index is 11.2. The van der Waals surface area contributed by atoms with Crippen LogP contribution in [0.2, 0.25) is 0 Å². The zero-order chi connectivity index (χ0) is 31.7. The molecule has 0 aromatic rings. The van der Waals surface area contributed by atoms with Gasteiger partial charge in [0.05, 0.1) is 46.9 Å². The van der Waals surface area contributed by atoms with Crippen LogP contribution in [-0.2, 0) is 33.4 Å². The molecule has 0 aromatic heterocycles. The van der Waals surface area contributed by atoms with Gasteiger partial charge >= 0.3 is 17.9 Å². The number of aliphatic hydroxyl groups excluding tert-OH is 2. The van der Waals surface area contributed by atoms with Crippen molar-refractivity contribution in [1.82, 2.24) is 0 Å². The number of aliphatic carboxylic acids is 1. The number of methoxy groups -OCH3 is 3. The maximum Gasteiger partial charge on any atom is 0.339 e. The number of carboxylic acid groups (broad SMARTS) is 1. The first-order valence-electron chi connectivity index (χ1n) is 13.6. The summed E-state index contributed by atoms with van der Waals surface area (Å²) in [5.74, 6) is -2.82. The van der Waals surface area contributed by atoms with Crippen LogP contribution in [0.1, 0.15) is 92.9 Å². The van der Waals surface area contributed by atoms with Crippen LogP contribution in [0.4, 0.5) is 0 Å². The monoisotopic (exact) mass is 576 g/mol. The number of hydrogen-bond donors (Lipinski definition) is 4. The molecule has 40 heavy (non-hydrogen) atoms. The predicted molar refractivity (Wildman–Crippen MR) is 149 cm³/mol. The summed E-state index contributed by atoms with van der Waals surface area (Å²) in [5.41, 5.74) is -0.490. The van der Waals surface area contributed by atoms with Gasteiger partial charge in [-0.25, -0.2) is 4.79 Å². The van der Waals surface area contributed by atoms with Gasteiger partial charge < -0.3 is 34.6 Å². The van der Waals surface area contributed by atoms with Crippen LogP contribution in [0.5, 0.6) is 0 Å². The van der Waals surface area contributed by atoms with Gasteiger partial charge in [-0.1, -0.05) is 47.1 Å². The molecule has 2 fully saturated rings. The standard InChI is InChI=1S/C10H18O.C9H14O7.C8H16O.C2H4O2/c1-9(2)7-4-5-10(9,3)8(11)6-7;1-14-6(10)4-9(13,8(12)16-3)5-7(11)15-2;1-3-5-6-8(4-2)7-9;1-2(3)4/h7-8,11H,4-6H2,1-3H3;13H,4-5H2,1-3H3;6,9H,3-5,7H2,1-2H3;1H3,(H,3,4). The number of allylic oxidation sites excluding steroid dienone is 1. The number of hydrogen-bond acceptors (Lipinski definition) is 10. The van der Waals surface area contributed by atoms with Crippen LogP contribution >= 0.6 is 0 Å². The summed E-state index contributed by atoms with van der Waals surface area (Å²) in [5, 5.41) is 35.7. The molecule has 0 amide bonds. The van der Waals surface area contributed by atoms with Crippen molar-refractivity contribution in [3.63, 3.8) is 0 Å². The summed E-state index contributed by atoms with van der Waals surface area (Å²) in [6, 6.07) is 0. The van der Waals surface area contributed by atoms with Crippen molar-refractivity contribution in [3.05, 3.63) is 11.6 Å². The van der Waals surface area contributed by atoms with Crippen molar-refractivity contribution in [1.29, 1.82) is 0 Å². The zero-order valence-electron chi connectivity index (χ0n) is 25.7. The average Bonchev–Trinajstić information content (AvgIpc) is 3.22. The molecule has 0 saturated heterocycles. The lowest BCUT2D eigenvalue weighted by Gasteiger charge is -2.36. The average molecular weight is 577 g/mol. The predicted octanol–water partition coefficient (Wildman–Crippen LogP) is 3.42. The molecule has 0 spiro atoms. The minimum Gasteiger partial charge on any atom is -0.481 e. The van der Waals surface area contributed by atoms with Gasteiger partial charge in [-0.3, -0.25) is 14.4 Å². The normalized spacial score (nSPS) is 22.2. The fourth-order valence-electron chi connectivity index (χ4n) is 4.85. The lowest BCUT2D eigenvalue weighted by atomic mass is 9.70. The number of aliphatic hydroxyl groups is 3. The summed E-state index contributed by atoms with van der Waals surface area (Å²) in [6.45, 7) is 12.4. The third-order valence-corrected chi connectivity index (χ3v) is 8.02. The zero-order valence-corrected chi connectivity index (χ0v) is 25.7. The van der Waals surface area contributed by atoms with E-state index in [2.05, 4.69) is 54.9 Å². The number of rotatable bonds is 9. The minimum atomic E-state index is -2.26. The van der Waals surface area contributed by atoms with Crippen LogP contribution in [-0.4, -0.2) is 83.9 Å². The van der Waals surface area contributed by atoms with Crippen molar-refractivity contribution in [2.24, 2.45) is 16.7 Å². The van der Waals surface area contributed by atoms with Gasteiger partial charge in [0.1, 0.15) is 0 Å². The summed E-state index contributed by atoms with van der Waals surface area (Å²) in [4.78, 5) is 42.2. The first-order valence-corrected chi connectivity index (χ1v) is 13.6. The van der Waals surface area contributed by atoms with Crippen molar-refractivity contribution in [3.8, 4) is 0 Å². The second-order valence-electron chi connectivity index (χ2n) is 10.8. The fourth-order valence-corrected chi connectivity index (χ4v) is 4.85. The Morgan fingerprint density at radius 1 is 0.975 bits per heavy atom. The van der Waals surface area contributed by atoms with Crippen LogP contribution in [0, 0.1) is 16.7 Å². The molecule has 11 heteroatoms. The third kappa shape index (κ3) is 12.3. The molecule has 0 aromatic carbocycles. The van der Waals surface area contributed by atoms with E-state index in [1.54, 1.807) is 0 Å². The van der Waals surface area contributed by atoms with Gasteiger partial charge in [0.15, 0.2) is 5.60 Å². The molecule has 0 aliphatic heterocycles. The number of fused-ring (bicyclic) bond motifs is 2. The molecule has 2 bridgehead atoms. The summed E-state index contributed by atoms with van der Waals surface area (Å²) in [7, 11) is 3.22. The molecular weight excluding hydrogens is 524 g/mol. The Morgan fingerprint density at radius 3 is 1.68 bits per heavy atom. The Balaban J connectivity index is 0. The number of esters is 3. The molecular formula is C29H52O11. The number of carboxylic acids is 1. The first kappa shape index (κ1) is 39.6. The van der Waals surface area contributed by atoms with Crippen molar-refractivity contribution >= 4 is 23.9 Å². The number of carbonyl (C=O) groups is 4.